The number of hydrogen-bond acceptors (Lipinski definition) is 3. The van der Waals surface area contributed by atoms with E-state index in [4.69, 9.17) is 0 Å². The molecule has 0 unspecified atom stereocenters. The summed E-state index contributed by atoms with van der Waals surface area (Å²) < 4.78 is 1.59. The average molecular weight is 177 g/mol. The van der Waals surface area contributed by atoms with Crippen LogP contribution in [0.3, 0.4) is 0 Å². The first-order chi connectivity index (χ1) is 6.09. The molecule has 0 aromatic carbocycles. The third-order valence-corrected chi connectivity index (χ3v) is 2.18. The lowest BCUT2D eigenvalue weighted by atomic mass is 10.2. The number of rotatable bonds is 0. The lowest BCUT2D eigenvalue weighted by Crippen LogP contribution is -1.95. The summed E-state index contributed by atoms with van der Waals surface area (Å²) in [5.41, 5.74) is 2.47. The van der Waals surface area contributed by atoms with E-state index in [0.29, 0.717) is 5.78 Å². The van der Waals surface area contributed by atoms with Gasteiger partial charge in [0.1, 0.15) is 0 Å². The summed E-state index contributed by atoms with van der Waals surface area (Å²) in [5, 5.41) is 9.74. The van der Waals surface area contributed by atoms with E-state index in [-0.39, 0.29) is 5.88 Å². The van der Waals surface area contributed by atoms with Crippen molar-refractivity contribution in [3.05, 3.63) is 23.1 Å². The Hall–Kier alpha value is -1.58. The van der Waals surface area contributed by atoms with Gasteiger partial charge in [-0.2, -0.15) is 0 Å². The molecule has 0 saturated carbocycles. The van der Waals surface area contributed by atoms with Crippen LogP contribution in [0.4, 0.5) is 0 Å². The van der Waals surface area contributed by atoms with Crippen molar-refractivity contribution < 1.29 is 5.11 Å². The van der Waals surface area contributed by atoms with Crippen LogP contribution >= 0.6 is 0 Å². The summed E-state index contributed by atoms with van der Waals surface area (Å²) in [6.45, 7) is 5.57. The summed E-state index contributed by atoms with van der Waals surface area (Å²) in [5.74, 6) is 0.779. The summed E-state index contributed by atoms with van der Waals surface area (Å²) in [6, 6.07) is 0. The zero-order chi connectivity index (χ0) is 9.59. The second-order valence-corrected chi connectivity index (χ2v) is 3.20. The van der Waals surface area contributed by atoms with Crippen LogP contribution in [0.15, 0.2) is 6.20 Å². The largest absolute Gasteiger partial charge is 0.494 e. The lowest BCUT2D eigenvalue weighted by Gasteiger charge is -2.03. The van der Waals surface area contributed by atoms with Gasteiger partial charge >= 0.3 is 0 Å². The Morgan fingerprint density at radius 1 is 1.23 bits per heavy atom. The van der Waals surface area contributed by atoms with Crippen LogP contribution < -0.4 is 0 Å². The Morgan fingerprint density at radius 3 is 2.62 bits per heavy atom. The van der Waals surface area contributed by atoms with E-state index in [2.05, 4.69) is 9.97 Å². The number of hydrogen-bond donors (Lipinski definition) is 1. The zero-order valence-corrected chi connectivity index (χ0v) is 7.87. The molecule has 2 aromatic rings. The minimum atomic E-state index is 0.225. The molecule has 0 amide bonds. The molecular formula is C9H11N3O. The van der Waals surface area contributed by atoms with Crippen molar-refractivity contribution in [1.29, 1.82) is 0 Å². The normalized spacial score (nSPS) is 11.0. The van der Waals surface area contributed by atoms with Crippen molar-refractivity contribution in [2.75, 3.05) is 0 Å². The van der Waals surface area contributed by atoms with Gasteiger partial charge in [0.25, 0.3) is 0 Å². The number of aryl methyl sites for hydroxylation is 2. The molecule has 0 radical (unpaired) electrons. The molecule has 2 heterocycles. The fourth-order valence-corrected chi connectivity index (χ4v) is 1.30. The van der Waals surface area contributed by atoms with Gasteiger partial charge in [-0.1, -0.05) is 0 Å². The zero-order valence-electron chi connectivity index (χ0n) is 7.87. The summed E-state index contributed by atoms with van der Waals surface area (Å²) in [7, 11) is 0. The number of nitrogens with zero attached hydrogens (tertiary/aromatic N) is 3. The third-order valence-electron chi connectivity index (χ3n) is 2.18. The summed E-state index contributed by atoms with van der Waals surface area (Å²) in [4.78, 5) is 8.42. The van der Waals surface area contributed by atoms with Gasteiger partial charge in [-0.25, -0.2) is 9.97 Å². The Bertz CT molecular complexity index is 473. The Kier molecular flexibility index (Phi) is 1.52. The van der Waals surface area contributed by atoms with E-state index in [1.165, 1.54) is 0 Å². The molecule has 0 bridgehead atoms. The van der Waals surface area contributed by atoms with Gasteiger partial charge in [-0.05, 0) is 20.8 Å². The molecule has 0 aliphatic carbocycles. The molecule has 2 rings (SSSR count). The van der Waals surface area contributed by atoms with E-state index in [1.807, 2.05) is 20.8 Å². The molecule has 13 heavy (non-hydrogen) atoms. The average Bonchev–Trinajstić information content (AvgIpc) is 2.42. The lowest BCUT2D eigenvalue weighted by molar-refractivity contribution is 0.439. The fourth-order valence-electron chi connectivity index (χ4n) is 1.30. The van der Waals surface area contributed by atoms with Gasteiger partial charge in [0.05, 0.1) is 5.69 Å². The predicted octanol–water partition coefficient (Wildman–Crippen LogP) is 1.36. The molecule has 68 valence electrons. The van der Waals surface area contributed by atoms with Gasteiger partial charge in [-0.3, -0.25) is 4.40 Å². The van der Waals surface area contributed by atoms with Crippen LogP contribution in [-0.2, 0) is 0 Å². The summed E-state index contributed by atoms with van der Waals surface area (Å²) >= 11 is 0. The van der Waals surface area contributed by atoms with Crippen molar-refractivity contribution in [2.45, 2.75) is 20.8 Å². The number of imidazole rings is 1. The minimum Gasteiger partial charge on any atom is -0.494 e. The molecule has 2 aromatic heterocycles. The van der Waals surface area contributed by atoms with E-state index < -0.39 is 0 Å². The third kappa shape index (κ3) is 1.06. The first kappa shape index (κ1) is 8.04. The standard InChI is InChI=1S/C9H11N3O/c1-5-4-12-8(13)6(2)7(3)11-9(12)10-5/h4,13H,1-3H3. The van der Waals surface area contributed by atoms with Crippen LogP contribution in [0.25, 0.3) is 5.78 Å². The first-order valence-corrected chi connectivity index (χ1v) is 4.11. The van der Waals surface area contributed by atoms with Crippen molar-refractivity contribution in [1.82, 2.24) is 14.4 Å². The number of aromatic nitrogens is 3. The number of fused-ring (bicyclic) bond motifs is 1. The highest BCUT2D eigenvalue weighted by atomic mass is 16.3. The first-order valence-electron chi connectivity index (χ1n) is 4.11. The van der Waals surface area contributed by atoms with Crippen LogP contribution in [0.1, 0.15) is 17.0 Å². The molecule has 4 nitrogen and oxygen atoms in total. The molecule has 0 aliphatic heterocycles. The van der Waals surface area contributed by atoms with Crippen LogP contribution in [0.2, 0.25) is 0 Å². The molecule has 0 saturated heterocycles. The molecule has 0 spiro atoms. The molecule has 0 fully saturated rings. The highest BCUT2D eigenvalue weighted by Gasteiger charge is 2.08. The molecule has 1 N–H and O–H groups in total. The van der Waals surface area contributed by atoms with Crippen LogP contribution in [0.5, 0.6) is 5.88 Å². The minimum absolute atomic E-state index is 0.225. The van der Waals surface area contributed by atoms with Gasteiger partial charge in [0.15, 0.2) is 0 Å². The van der Waals surface area contributed by atoms with E-state index in [0.717, 1.165) is 17.0 Å². The highest BCUT2D eigenvalue weighted by molar-refractivity contribution is 5.41. The Morgan fingerprint density at radius 2 is 1.92 bits per heavy atom. The number of aromatic hydroxyl groups is 1. The molecule has 0 atom stereocenters. The SMILES string of the molecule is Cc1cn2c(O)c(C)c(C)nc2n1. The second-order valence-electron chi connectivity index (χ2n) is 3.20. The van der Waals surface area contributed by atoms with E-state index >= 15 is 0 Å². The predicted molar refractivity (Wildman–Crippen MR) is 48.9 cm³/mol. The maximum Gasteiger partial charge on any atom is 0.237 e. The van der Waals surface area contributed by atoms with Crippen LogP contribution in [-0.4, -0.2) is 19.5 Å². The molecule has 4 heteroatoms. The molecule has 0 aliphatic rings. The van der Waals surface area contributed by atoms with E-state index in [9.17, 15) is 5.11 Å². The molecular weight excluding hydrogens is 166 g/mol. The van der Waals surface area contributed by atoms with Gasteiger partial charge in [0.2, 0.25) is 11.7 Å². The second kappa shape index (κ2) is 2.45. The Labute approximate surface area is 75.9 Å². The van der Waals surface area contributed by atoms with E-state index in [1.54, 1.807) is 10.6 Å². The maximum atomic E-state index is 9.74. The monoisotopic (exact) mass is 177 g/mol. The van der Waals surface area contributed by atoms with Crippen molar-refractivity contribution in [2.24, 2.45) is 0 Å². The summed E-state index contributed by atoms with van der Waals surface area (Å²) in [6.07, 6.45) is 1.77. The van der Waals surface area contributed by atoms with Gasteiger partial charge in [0, 0.05) is 17.5 Å². The maximum absolute atomic E-state index is 9.74. The van der Waals surface area contributed by atoms with Crippen molar-refractivity contribution >= 4 is 5.78 Å². The van der Waals surface area contributed by atoms with Crippen molar-refractivity contribution in [3.8, 4) is 5.88 Å². The Balaban J connectivity index is 2.92. The quantitative estimate of drug-likeness (QED) is 0.661. The van der Waals surface area contributed by atoms with Crippen LogP contribution in [0, 0.1) is 20.8 Å². The van der Waals surface area contributed by atoms with Gasteiger partial charge < -0.3 is 5.11 Å². The van der Waals surface area contributed by atoms with Gasteiger partial charge in [-0.15, -0.1) is 0 Å². The topological polar surface area (TPSA) is 50.4 Å². The smallest absolute Gasteiger partial charge is 0.237 e. The van der Waals surface area contributed by atoms with Crippen molar-refractivity contribution in [3.63, 3.8) is 0 Å². The highest BCUT2D eigenvalue weighted by Crippen LogP contribution is 2.19. The fraction of sp³-hybridized carbons (Fsp3) is 0.333.